The molecule has 1 aromatic carbocycles. The fourth-order valence-electron chi connectivity index (χ4n) is 3.09. The predicted octanol–water partition coefficient (Wildman–Crippen LogP) is 3.59. The van der Waals surface area contributed by atoms with Crippen LogP contribution in [0.15, 0.2) is 30.6 Å². The summed E-state index contributed by atoms with van der Waals surface area (Å²) in [5.74, 6) is 0.944. The van der Waals surface area contributed by atoms with E-state index in [0.29, 0.717) is 6.04 Å². The van der Waals surface area contributed by atoms with Crippen molar-refractivity contribution in [2.45, 2.75) is 51.6 Å². The van der Waals surface area contributed by atoms with Crippen LogP contribution in [0.4, 0.5) is 0 Å². The second-order valence-electron chi connectivity index (χ2n) is 6.07. The molecule has 1 unspecified atom stereocenters. The second-order valence-corrected chi connectivity index (χ2v) is 6.07. The van der Waals surface area contributed by atoms with Gasteiger partial charge in [0.05, 0.1) is 17.4 Å². The summed E-state index contributed by atoms with van der Waals surface area (Å²) in [6.45, 7) is 4.39. The van der Waals surface area contributed by atoms with Crippen LogP contribution < -0.4 is 5.32 Å². The minimum atomic E-state index is 0.581. The minimum absolute atomic E-state index is 0.581. The van der Waals surface area contributed by atoms with Crippen molar-refractivity contribution in [3.8, 4) is 0 Å². The molecule has 1 aliphatic carbocycles. The van der Waals surface area contributed by atoms with Crippen molar-refractivity contribution >= 4 is 11.0 Å². The minimum Gasteiger partial charge on any atom is -0.329 e. The first-order valence-electron chi connectivity index (χ1n) is 8.00. The van der Waals surface area contributed by atoms with Crippen molar-refractivity contribution in [2.24, 2.45) is 5.92 Å². The molecular formula is C17H25N3. The van der Waals surface area contributed by atoms with Crippen LogP contribution in [0.1, 0.15) is 39.0 Å². The lowest BCUT2D eigenvalue weighted by Crippen LogP contribution is -2.36. The zero-order valence-corrected chi connectivity index (χ0v) is 12.4. The molecular weight excluding hydrogens is 246 g/mol. The Labute approximate surface area is 121 Å². The lowest BCUT2D eigenvalue weighted by atomic mass is 9.81. The quantitative estimate of drug-likeness (QED) is 0.834. The molecule has 0 saturated heterocycles. The van der Waals surface area contributed by atoms with E-state index in [1.54, 1.807) is 0 Å². The Bertz CT molecular complexity index is 542. The molecule has 3 nitrogen and oxygen atoms in total. The van der Waals surface area contributed by atoms with Gasteiger partial charge in [0.25, 0.3) is 0 Å². The van der Waals surface area contributed by atoms with Crippen LogP contribution in [-0.4, -0.2) is 22.1 Å². The first-order valence-corrected chi connectivity index (χ1v) is 8.00. The van der Waals surface area contributed by atoms with Crippen molar-refractivity contribution in [3.63, 3.8) is 0 Å². The SMILES string of the molecule is CCCNC(CC1CCC1)Cn1cnc2ccccc21. The second kappa shape index (κ2) is 6.40. The van der Waals surface area contributed by atoms with E-state index < -0.39 is 0 Å². The molecule has 0 aliphatic heterocycles. The molecule has 1 aliphatic rings. The summed E-state index contributed by atoms with van der Waals surface area (Å²) >= 11 is 0. The van der Waals surface area contributed by atoms with Gasteiger partial charge >= 0.3 is 0 Å². The van der Waals surface area contributed by atoms with Crippen LogP contribution in [0, 0.1) is 5.92 Å². The lowest BCUT2D eigenvalue weighted by Gasteiger charge is -2.30. The van der Waals surface area contributed by atoms with E-state index in [4.69, 9.17) is 0 Å². The number of para-hydroxylation sites is 2. The fraction of sp³-hybridized carbons (Fsp3) is 0.588. The van der Waals surface area contributed by atoms with Crippen molar-refractivity contribution in [2.75, 3.05) is 6.54 Å². The van der Waals surface area contributed by atoms with E-state index >= 15 is 0 Å². The Morgan fingerprint density at radius 1 is 1.35 bits per heavy atom. The summed E-state index contributed by atoms with van der Waals surface area (Å²) in [6, 6.07) is 8.99. The number of nitrogens with zero attached hydrogens (tertiary/aromatic N) is 2. The third-order valence-corrected chi connectivity index (χ3v) is 4.47. The Morgan fingerprint density at radius 2 is 2.20 bits per heavy atom. The molecule has 1 saturated carbocycles. The highest BCUT2D eigenvalue weighted by molar-refractivity contribution is 5.74. The molecule has 108 valence electrons. The molecule has 0 radical (unpaired) electrons. The van der Waals surface area contributed by atoms with Crippen molar-refractivity contribution < 1.29 is 0 Å². The van der Waals surface area contributed by atoms with Crippen LogP contribution in [0.25, 0.3) is 11.0 Å². The highest BCUT2D eigenvalue weighted by Gasteiger charge is 2.22. The summed E-state index contributed by atoms with van der Waals surface area (Å²) in [5.41, 5.74) is 2.36. The highest BCUT2D eigenvalue weighted by Crippen LogP contribution is 2.31. The van der Waals surface area contributed by atoms with E-state index in [0.717, 1.165) is 24.5 Å². The smallest absolute Gasteiger partial charge is 0.0958 e. The molecule has 1 aromatic heterocycles. The summed E-state index contributed by atoms with van der Waals surface area (Å²) in [6.07, 6.45) is 8.79. The van der Waals surface area contributed by atoms with Gasteiger partial charge in [0, 0.05) is 12.6 Å². The summed E-state index contributed by atoms with van der Waals surface area (Å²) < 4.78 is 2.31. The summed E-state index contributed by atoms with van der Waals surface area (Å²) in [7, 11) is 0. The van der Waals surface area contributed by atoms with Gasteiger partial charge in [-0.25, -0.2) is 4.98 Å². The number of rotatable bonds is 7. The maximum absolute atomic E-state index is 4.50. The third-order valence-electron chi connectivity index (χ3n) is 4.47. The van der Waals surface area contributed by atoms with Crippen LogP contribution in [0.2, 0.25) is 0 Å². The average molecular weight is 271 g/mol. The molecule has 3 heteroatoms. The molecule has 1 atom stereocenters. The zero-order valence-electron chi connectivity index (χ0n) is 12.4. The molecule has 2 aromatic rings. The van der Waals surface area contributed by atoms with Gasteiger partial charge in [-0.15, -0.1) is 0 Å². The first kappa shape index (κ1) is 13.6. The van der Waals surface area contributed by atoms with Gasteiger partial charge in [-0.3, -0.25) is 0 Å². The van der Waals surface area contributed by atoms with Crippen LogP contribution in [0.3, 0.4) is 0 Å². The van der Waals surface area contributed by atoms with Gasteiger partial charge in [0.15, 0.2) is 0 Å². The zero-order chi connectivity index (χ0) is 13.8. The van der Waals surface area contributed by atoms with E-state index in [1.807, 2.05) is 6.33 Å². The number of aromatic nitrogens is 2. The topological polar surface area (TPSA) is 29.9 Å². The Balaban J connectivity index is 1.70. The fourth-order valence-corrected chi connectivity index (χ4v) is 3.09. The number of hydrogen-bond acceptors (Lipinski definition) is 2. The monoisotopic (exact) mass is 271 g/mol. The van der Waals surface area contributed by atoms with Crippen molar-refractivity contribution in [3.05, 3.63) is 30.6 Å². The predicted molar refractivity (Wildman–Crippen MR) is 83.8 cm³/mol. The molecule has 20 heavy (non-hydrogen) atoms. The highest BCUT2D eigenvalue weighted by atomic mass is 15.1. The molecule has 1 N–H and O–H groups in total. The van der Waals surface area contributed by atoms with Crippen molar-refractivity contribution in [1.29, 1.82) is 0 Å². The van der Waals surface area contributed by atoms with Crippen LogP contribution in [0.5, 0.6) is 0 Å². The molecule has 1 heterocycles. The van der Waals surface area contributed by atoms with Gasteiger partial charge < -0.3 is 9.88 Å². The van der Waals surface area contributed by atoms with E-state index in [2.05, 4.69) is 46.1 Å². The number of hydrogen-bond donors (Lipinski definition) is 1. The summed E-state index contributed by atoms with van der Waals surface area (Å²) in [5, 5.41) is 3.72. The molecule has 0 spiro atoms. The van der Waals surface area contributed by atoms with Crippen LogP contribution >= 0.6 is 0 Å². The average Bonchev–Trinajstić information content (AvgIpc) is 2.83. The molecule has 0 bridgehead atoms. The molecule has 1 fully saturated rings. The Kier molecular flexibility index (Phi) is 4.36. The normalized spacial score (nSPS) is 17.2. The Morgan fingerprint density at radius 3 is 2.95 bits per heavy atom. The van der Waals surface area contributed by atoms with Gasteiger partial charge in [0.1, 0.15) is 0 Å². The van der Waals surface area contributed by atoms with Gasteiger partial charge in [-0.2, -0.15) is 0 Å². The first-order chi connectivity index (χ1) is 9.86. The number of imidazole rings is 1. The molecule has 3 rings (SSSR count). The lowest BCUT2D eigenvalue weighted by molar-refractivity contribution is 0.249. The maximum atomic E-state index is 4.50. The number of benzene rings is 1. The van der Waals surface area contributed by atoms with Gasteiger partial charge in [-0.1, -0.05) is 38.3 Å². The molecule has 0 amide bonds. The largest absolute Gasteiger partial charge is 0.329 e. The number of nitrogens with one attached hydrogen (secondary N) is 1. The third kappa shape index (κ3) is 3.04. The van der Waals surface area contributed by atoms with E-state index in [9.17, 15) is 0 Å². The maximum Gasteiger partial charge on any atom is 0.0958 e. The van der Waals surface area contributed by atoms with Crippen LogP contribution in [-0.2, 0) is 6.54 Å². The number of fused-ring (bicyclic) bond motifs is 1. The van der Waals surface area contributed by atoms with Crippen molar-refractivity contribution in [1.82, 2.24) is 14.9 Å². The van der Waals surface area contributed by atoms with E-state index in [1.165, 1.54) is 37.6 Å². The van der Waals surface area contributed by atoms with Gasteiger partial charge in [-0.05, 0) is 37.4 Å². The van der Waals surface area contributed by atoms with Gasteiger partial charge in [0.2, 0.25) is 0 Å². The Hall–Kier alpha value is -1.35. The summed E-state index contributed by atoms with van der Waals surface area (Å²) in [4.78, 5) is 4.50. The van der Waals surface area contributed by atoms with E-state index in [-0.39, 0.29) is 0 Å². The standard InChI is InChI=1S/C17H25N3/c1-2-10-18-15(11-14-6-5-7-14)12-20-13-19-16-8-3-4-9-17(16)20/h3-4,8-9,13-15,18H,2,5-7,10-12H2,1H3.